The van der Waals surface area contributed by atoms with Crippen molar-refractivity contribution in [3.05, 3.63) is 54.1 Å². The lowest BCUT2D eigenvalue weighted by atomic mass is 10.0. The molecule has 0 aliphatic heterocycles. The van der Waals surface area contributed by atoms with E-state index >= 15 is 0 Å². The van der Waals surface area contributed by atoms with Crippen LogP contribution in [0.3, 0.4) is 0 Å². The monoisotopic (exact) mass is 228 g/mol. The molecule has 0 nitrogen and oxygen atoms in total. The van der Waals surface area contributed by atoms with E-state index in [1.807, 2.05) is 0 Å². The second-order valence-electron chi connectivity index (χ2n) is 4.03. The Labute approximate surface area is 99.9 Å². The van der Waals surface area contributed by atoms with Crippen LogP contribution in [0.2, 0.25) is 0 Å². The van der Waals surface area contributed by atoms with Gasteiger partial charge in [-0.2, -0.15) is 10.5 Å². The summed E-state index contributed by atoms with van der Waals surface area (Å²) in [5.74, 6) is 4.05. The predicted molar refractivity (Wildman–Crippen MR) is 75.5 cm³/mol. The molecule has 0 fully saturated rings. The molecule has 0 radical (unpaired) electrons. The summed E-state index contributed by atoms with van der Waals surface area (Å²) in [7, 11) is 0.103. The van der Waals surface area contributed by atoms with Crippen molar-refractivity contribution in [2.75, 3.05) is 6.26 Å². The van der Waals surface area contributed by atoms with Gasteiger partial charge in [0.05, 0.1) is 0 Å². The summed E-state index contributed by atoms with van der Waals surface area (Å²) in [6, 6.07) is 17.3. The van der Waals surface area contributed by atoms with E-state index in [0.29, 0.717) is 0 Å². The van der Waals surface area contributed by atoms with Crippen LogP contribution in [0.1, 0.15) is 5.56 Å². The van der Waals surface area contributed by atoms with Gasteiger partial charge in [0, 0.05) is 4.90 Å². The van der Waals surface area contributed by atoms with E-state index in [4.69, 9.17) is 0 Å². The van der Waals surface area contributed by atoms with Crippen LogP contribution in [0.4, 0.5) is 0 Å². The fourth-order valence-corrected chi connectivity index (χ4v) is 2.23. The quantitative estimate of drug-likeness (QED) is 0.670. The maximum atomic E-state index is 4.05. The molecule has 16 heavy (non-hydrogen) atoms. The van der Waals surface area contributed by atoms with Crippen LogP contribution in [0, 0.1) is 6.92 Å². The van der Waals surface area contributed by atoms with Crippen molar-refractivity contribution < 1.29 is 0 Å². The van der Waals surface area contributed by atoms with Crippen LogP contribution in [-0.2, 0) is 0 Å². The van der Waals surface area contributed by atoms with Gasteiger partial charge in [0.15, 0.2) is 0 Å². The zero-order valence-electron chi connectivity index (χ0n) is 9.73. The van der Waals surface area contributed by atoms with E-state index in [0.717, 1.165) is 0 Å². The first-order valence-corrected chi connectivity index (χ1v) is 7.10. The van der Waals surface area contributed by atoms with Crippen LogP contribution < -0.4 is 0 Å². The molecule has 0 spiro atoms. The molecule has 0 saturated carbocycles. The zero-order chi connectivity index (χ0) is 11.5. The lowest BCUT2D eigenvalue weighted by molar-refractivity contribution is 1.44. The van der Waals surface area contributed by atoms with Crippen molar-refractivity contribution in [1.29, 1.82) is 0 Å². The molecule has 0 aliphatic carbocycles. The number of hydrogen-bond donors (Lipinski definition) is 0. The Morgan fingerprint density at radius 3 is 1.69 bits per heavy atom. The summed E-state index contributed by atoms with van der Waals surface area (Å²) in [6.45, 7) is 2.11. The highest BCUT2D eigenvalue weighted by Gasteiger charge is 1.97. The molecule has 2 aromatic rings. The van der Waals surface area contributed by atoms with Crippen LogP contribution >= 0.6 is 10.5 Å². The van der Waals surface area contributed by atoms with Gasteiger partial charge in [-0.25, -0.2) is 0 Å². The van der Waals surface area contributed by atoms with Crippen LogP contribution in [0.25, 0.3) is 11.1 Å². The molecule has 0 aliphatic rings. The third kappa shape index (κ3) is 2.42. The Balaban J connectivity index is 2.34. The second-order valence-corrected chi connectivity index (χ2v) is 5.77. The summed E-state index contributed by atoms with van der Waals surface area (Å²) in [4.78, 5) is 1.32. The second kappa shape index (κ2) is 4.67. The maximum Gasteiger partial charge on any atom is 0.000895 e. The molecule has 0 bridgehead atoms. The molecule has 1 heteroatoms. The number of hydrogen-bond acceptors (Lipinski definition) is 0. The van der Waals surface area contributed by atoms with Crippen LogP contribution in [-0.4, -0.2) is 12.1 Å². The highest BCUT2D eigenvalue weighted by Crippen LogP contribution is 2.25. The highest BCUT2D eigenvalue weighted by molar-refractivity contribution is 8.13. The molecular formula is C15H16S. The number of aryl methyl sites for hydroxylation is 1. The van der Waals surface area contributed by atoms with Crippen molar-refractivity contribution in [3.8, 4) is 11.1 Å². The Kier molecular flexibility index (Phi) is 3.25. The van der Waals surface area contributed by atoms with Gasteiger partial charge in [-0.1, -0.05) is 47.8 Å². The van der Waals surface area contributed by atoms with Gasteiger partial charge in [0.2, 0.25) is 0 Å². The van der Waals surface area contributed by atoms with E-state index < -0.39 is 0 Å². The molecule has 0 heterocycles. The molecule has 2 aromatic carbocycles. The van der Waals surface area contributed by atoms with Gasteiger partial charge in [0.1, 0.15) is 0 Å². The third-order valence-corrected chi connectivity index (χ3v) is 3.72. The fraction of sp³-hybridized carbons (Fsp3) is 0.133. The largest absolute Gasteiger partial charge is 0.165 e. The van der Waals surface area contributed by atoms with E-state index in [1.54, 1.807) is 0 Å². The maximum absolute atomic E-state index is 4.05. The van der Waals surface area contributed by atoms with Gasteiger partial charge in [-0.15, -0.1) is 0 Å². The first kappa shape index (κ1) is 11.2. The summed E-state index contributed by atoms with van der Waals surface area (Å²) in [5.41, 5.74) is 3.85. The molecule has 0 saturated heterocycles. The molecule has 1 unspecified atom stereocenters. The van der Waals surface area contributed by atoms with Crippen molar-refractivity contribution >= 4 is 16.4 Å². The lowest BCUT2D eigenvalue weighted by Gasteiger charge is -2.05. The van der Waals surface area contributed by atoms with Gasteiger partial charge >= 0.3 is 0 Å². The summed E-state index contributed by atoms with van der Waals surface area (Å²) < 4.78 is 0. The average Bonchev–Trinajstić information content (AvgIpc) is 2.30. The van der Waals surface area contributed by atoms with Gasteiger partial charge in [-0.05, 0) is 36.4 Å². The molecule has 0 N–H and O–H groups in total. The Bertz CT molecular complexity index is 492. The first-order valence-electron chi connectivity index (χ1n) is 5.29. The molecule has 2 rings (SSSR count). The Hall–Kier alpha value is -1.34. The topological polar surface area (TPSA) is 0 Å². The first-order chi connectivity index (χ1) is 7.66. The van der Waals surface area contributed by atoms with Crippen molar-refractivity contribution in [2.24, 2.45) is 0 Å². The molecule has 0 aromatic heterocycles. The summed E-state index contributed by atoms with van der Waals surface area (Å²) in [6.07, 6.45) is 2.14. The molecular weight excluding hydrogens is 212 g/mol. The fourth-order valence-electron chi connectivity index (χ4n) is 1.63. The van der Waals surface area contributed by atoms with E-state index in [9.17, 15) is 0 Å². The molecule has 0 amide bonds. The minimum Gasteiger partial charge on any atom is -0.165 e. The standard InChI is InChI=1S/C15H16S/c1-12-4-6-13(7-5-12)14-8-10-15(11-9-14)16(2)3/h4-11H,2H2,1,3H3. The van der Waals surface area contributed by atoms with Crippen molar-refractivity contribution in [2.45, 2.75) is 11.8 Å². The zero-order valence-corrected chi connectivity index (χ0v) is 10.6. The van der Waals surface area contributed by atoms with E-state index in [-0.39, 0.29) is 10.5 Å². The van der Waals surface area contributed by atoms with Gasteiger partial charge in [0.25, 0.3) is 0 Å². The highest BCUT2D eigenvalue weighted by atomic mass is 32.2. The summed E-state index contributed by atoms with van der Waals surface area (Å²) in [5, 5.41) is 0. The van der Waals surface area contributed by atoms with Gasteiger partial charge in [-0.3, -0.25) is 0 Å². The summed E-state index contributed by atoms with van der Waals surface area (Å²) >= 11 is 0. The molecule has 82 valence electrons. The Morgan fingerprint density at radius 2 is 1.25 bits per heavy atom. The Morgan fingerprint density at radius 1 is 0.812 bits per heavy atom. The van der Waals surface area contributed by atoms with Crippen molar-refractivity contribution in [1.82, 2.24) is 0 Å². The smallest absolute Gasteiger partial charge is 0.000895 e. The average molecular weight is 228 g/mol. The normalized spacial score (nSPS) is 12.4. The number of benzene rings is 2. The SMILES string of the molecule is C=S(C)c1ccc(-c2ccc(C)cc2)cc1. The van der Waals surface area contributed by atoms with Crippen molar-refractivity contribution in [3.63, 3.8) is 0 Å². The van der Waals surface area contributed by atoms with Gasteiger partial charge < -0.3 is 0 Å². The molecule has 1 atom stereocenters. The lowest BCUT2D eigenvalue weighted by Crippen LogP contribution is -1.79. The van der Waals surface area contributed by atoms with E-state index in [1.165, 1.54) is 21.6 Å². The van der Waals surface area contributed by atoms with Crippen LogP contribution in [0.15, 0.2) is 53.4 Å². The number of rotatable bonds is 2. The predicted octanol–water partition coefficient (Wildman–Crippen LogP) is 4.35. The van der Waals surface area contributed by atoms with Crippen LogP contribution in [0.5, 0.6) is 0 Å². The van der Waals surface area contributed by atoms with E-state index in [2.05, 4.69) is 67.6 Å². The third-order valence-electron chi connectivity index (χ3n) is 2.64. The minimum absolute atomic E-state index is 0.103. The minimum atomic E-state index is 0.103.